The van der Waals surface area contributed by atoms with Crippen LogP contribution in [0, 0.1) is 0 Å². The molecule has 0 amide bonds. The van der Waals surface area contributed by atoms with Crippen molar-refractivity contribution in [3.8, 4) is 0 Å². The average Bonchev–Trinajstić information content (AvgIpc) is 1.79. The van der Waals surface area contributed by atoms with Crippen LogP contribution in [0.15, 0.2) is 23.3 Å². The summed E-state index contributed by atoms with van der Waals surface area (Å²) in [5.74, 6) is 0. The highest BCUT2D eigenvalue weighted by Gasteiger charge is 2.38. The molecule has 0 bridgehead atoms. The summed E-state index contributed by atoms with van der Waals surface area (Å²) in [4.78, 5) is 0. The molecule has 0 fully saturated rings. The maximum Gasteiger partial charge on any atom is 0.311 e. The third-order valence-electron chi connectivity index (χ3n) is 2.19. The molecule has 0 saturated heterocycles. The van der Waals surface area contributed by atoms with Crippen molar-refractivity contribution >= 4 is 10.2 Å². The van der Waals surface area contributed by atoms with Crippen molar-refractivity contribution in [1.29, 1.82) is 0 Å². The second-order valence-electron chi connectivity index (χ2n) is 3.81. The molecule has 1 aliphatic rings. The van der Waals surface area contributed by atoms with Crippen LogP contribution in [0.2, 0.25) is 0 Å². The fourth-order valence-electron chi connectivity index (χ4n) is 1.72. The van der Waals surface area contributed by atoms with E-state index in [4.69, 9.17) is 0 Å². The van der Waals surface area contributed by atoms with Gasteiger partial charge in [-0.3, -0.25) is 0 Å². The lowest BCUT2D eigenvalue weighted by Crippen LogP contribution is -2.32. The van der Waals surface area contributed by atoms with Gasteiger partial charge in [0.2, 0.25) is 0 Å². The molecule has 1 rings (SSSR count). The van der Waals surface area contributed by atoms with E-state index in [2.05, 4.69) is 0 Å². The first kappa shape index (κ1) is 10.4. The predicted octanol–water partition coefficient (Wildman–Crippen LogP) is 2.34. The molecule has 4 heteroatoms. The summed E-state index contributed by atoms with van der Waals surface area (Å²) in [6, 6.07) is 0. The lowest BCUT2D eigenvalue weighted by atomic mass is 9.92. The minimum Gasteiger partial charge on any atom is -0.194 e. The van der Waals surface area contributed by atoms with Crippen LogP contribution in [-0.4, -0.2) is 13.2 Å². The van der Waals surface area contributed by atoms with E-state index in [0.29, 0.717) is 0 Å². The molecule has 0 N–H and O–H groups in total. The largest absolute Gasteiger partial charge is 0.311 e. The van der Waals surface area contributed by atoms with Crippen LogP contribution in [0.25, 0.3) is 0 Å². The van der Waals surface area contributed by atoms with Gasteiger partial charge in [0.05, 0.1) is 0 Å². The average molecular weight is 204 g/mol. The van der Waals surface area contributed by atoms with Gasteiger partial charge in [-0.1, -0.05) is 23.3 Å². The first-order valence-electron chi connectivity index (χ1n) is 4.05. The van der Waals surface area contributed by atoms with Crippen molar-refractivity contribution in [2.75, 3.05) is 0 Å². The lowest BCUT2D eigenvalue weighted by molar-refractivity contribution is 0.512. The number of allylic oxidation sites excluding steroid dienone is 3. The number of hydrogen-bond acceptors (Lipinski definition) is 2. The van der Waals surface area contributed by atoms with E-state index in [1.54, 1.807) is 13.8 Å². The summed E-state index contributed by atoms with van der Waals surface area (Å²) in [7, 11) is -4.51. The SMILES string of the molecule is CC1=CC(C)(S(=O)(=O)F)CC(C)=C1. The van der Waals surface area contributed by atoms with Gasteiger partial charge in [0.1, 0.15) is 4.75 Å². The van der Waals surface area contributed by atoms with E-state index in [1.165, 1.54) is 13.0 Å². The van der Waals surface area contributed by atoms with Crippen LogP contribution < -0.4 is 0 Å². The molecule has 13 heavy (non-hydrogen) atoms. The normalized spacial score (nSPS) is 29.5. The Hall–Kier alpha value is -0.640. The van der Waals surface area contributed by atoms with Crippen LogP contribution in [0.5, 0.6) is 0 Å². The zero-order chi connectivity index (χ0) is 10.3. The van der Waals surface area contributed by atoms with Gasteiger partial charge < -0.3 is 0 Å². The van der Waals surface area contributed by atoms with Crippen LogP contribution in [0.1, 0.15) is 27.2 Å². The molecule has 2 nitrogen and oxygen atoms in total. The number of hydrogen-bond donors (Lipinski definition) is 0. The summed E-state index contributed by atoms with van der Waals surface area (Å²) >= 11 is 0. The summed E-state index contributed by atoms with van der Waals surface area (Å²) in [6.45, 7) is 4.98. The zero-order valence-electron chi connectivity index (χ0n) is 7.96. The molecular weight excluding hydrogens is 191 g/mol. The molecule has 1 unspecified atom stereocenters. The smallest absolute Gasteiger partial charge is 0.194 e. The summed E-state index contributed by atoms with van der Waals surface area (Å²) in [6.07, 6.45) is 3.57. The van der Waals surface area contributed by atoms with Crippen molar-refractivity contribution in [2.45, 2.75) is 31.9 Å². The standard InChI is InChI=1S/C9H13FO2S/c1-7-4-8(2)6-9(3,5-7)13(10,11)12/h4-5H,6H2,1-3H3. The highest BCUT2D eigenvalue weighted by Crippen LogP contribution is 2.33. The monoisotopic (exact) mass is 204 g/mol. The Kier molecular flexibility index (Phi) is 2.36. The number of rotatable bonds is 1. The molecule has 1 aliphatic carbocycles. The van der Waals surface area contributed by atoms with Gasteiger partial charge in [0, 0.05) is 0 Å². The first-order valence-corrected chi connectivity index (χ1v) is 5.44. The topological polar surface area (TPSA) is 34.1 Å². The second kappa shape index (κ2) is 2.94. The third kappa shape index (κ3) is 1.99. The summed E-state index contributed by atoms with van der Waals surface area (Å²) in [5, 5.41) is 0. The Morgan fingerprint density at radius 2 is 2.00 bits per heavy atom. The van der Waals surface area contributed by atoms with Crippen molar-refractivity contribution in [3.05, 3.63) is 23.3 Å². The molecule has 0 aromatic heterocycles. The van der Waals surface area contributed by atoms with Gasteiger partial charge in [-0.15, -0.1) is 3.89 Å². The highest BCUT2D eigenvalue weighted by atomic mass is 32.3. The van der Waals surface area contributed by atoms with E-state index in [0.717, 1.165) is 11.1 Å². The molecular formula is C9H13FO2S. The van der Waals surface area contributed by atoms with Gasteiger partial charge in [-0.05, 0) is 27.2 Å². The molecule has 1 atom stereocenters. The van der Waals surface area contributed by atoms with Gasteiger partial charge >= 0.3 is 10.2 Å². The minimum absolute atomic E-state index is 0.239. The van der Waals surface area contributed by atoms with Crippen LogP contribution >= 0.6 is 0 Å². The van der Waals surface area contributed by atoms with Crippen molar-refractivity contribution in [2.24, 2.45) is 0 Å². The second-order valence-corrected chi connectivity index (χ2v) is 5.61. The molecule has 0 saturated carbocycles. The maximum absolute atomic E-state index is 12.9. The highest BCUT2D eigenvalue weighted by molar-refractivity contribution is 7.88. The van der Waals surface area contributed by atoms with Crippen molar-refractivity contribution in [1.82, 2.24) is 0 Å². The summed E-state index contributed by atoms with van der Waals surface area (Å²) in [5.41, 5.74) is 1.69. The van der Waals surface area contributed by atoms with E-state index in [9.17, 15) is 12.3 Å². The van der Waals surface area contributed by atoms with Crippen molar-refractivity contribution < 1.29 is 12.3 Å². The molecule has 0 heterocycles. The van der Waals surface area contributed by atoms with E-state index >= 15 is 0 Å². The molecule has 0 aliphatic heterocycles. The Labute approximate surface area is 78.4 Å². The molecule has 0 aromatic carbocycles. The maximum atomic E-state index is 12.9. The van der Waals surface area contributed by atoms with Gasteiger partial charge in [-0.25, -0.2) is 0 Å². The minimum atomic E-state index is -4.51. The first-order chi connectivity index (χ1) is 5.74. The van der Waals surface area contributed by atoms with Crippen molar-refractivity contribution in [3.63, 3.8) is 0 Å². The fourth-order valence-corrected chi connectivity index (χ4v) is 2.45. The Morgan fingerprint density at radius 3 is 2.38 bits per heavy atom. The Balaban J connectivity index is 3.19. The predicted molar refractivity (Wildman–Crippen MR) is 50.6 cm³/mol. The molecule has 0 aromatic rings. The van der Waals surface area contributed by atoms with Crippen LogP contribution in [0.3, 0.4) is 0 Å². The zero-order valence-corrected chi connectivity index (χ0v) is 8.78. The van der Waals surface area contributed by atoms with E-state index in [-0.39, 0.29) is 6.42 Å². The van der Waals surface area contributed by atoms with Gasteiger partial charge in [0.25, 0.3) is 0 Å². The van der Waals surface area contributed by atoms with E-state index < -0.39 is 15.0 Å². The molecule has 0 spiro atoms. The van der Waals surface area contributed by atoms with E-state index in [1.807, 2.05) is 6.08 Å². The van der Waals surface area contributed by atoms with Crippen LogP contribution in [0.4, 0.5) is 3.89 Å². The molecule has 0 radical (unpaired) electrons. The third-order valence-corrected chi connectivity index (χ3v) is 3.57. The lowest BCUT2D eigenvalue weighted by Gasteiger charge is -2.25. The fraction of sp³-hybridized carbons (Fsp3) is 0.556. The molecule has 74 valence electrons. The van der Waals surface area contributed by atoms with Crippen LogP contribution in [-0.2, 0) is 10.2 Å². The summed E-state index contributed by atoms with van der Waals surface area (Å²) < 4.78 is 33.3. The van der Waals surface area contributed by atoms with Gasteiger partial charge in [0.15, 0.2) is 0 Å². The Bertz CT molecular complexity index is 378. The quantitative estimate of drug-likeness (QED) is 0.614. The number of halogens is 1. The Morgan fingerprint density at radius 1 is 1.46 bits per heavy atom. The van der Waals surface area contributed by atoms with Gasteiger partial charge in [-0.2, -0.15) is 8.42 Å².